The van der Waals surface area contributed by atoms with Crippen LogP contribution in [0.4, 0.5) is 0 Å². The number of aliphatic hydroxyl groups is 1. The van der Waals surface area contributed by atoms with Gasteiger partial charge in [-0.1, -0.05) is 74.0 Å². The van der Waals surface area contributed by atoms with Gasteiger partial charge >= 0.3 is 0 Å². The molecule has 4 bridgehead atoms. The van der Waals surface area contributed by atoms with Crippen molar-refractivity contribution in [3.05, 3.63) is 82.4 Å². The first-order valence-electron chi connectivity index (χ1n) is 12.6. The highest BCUT2D eigenvalue weighted by Gasteiger charge is 2.57. The first-order valence-corrected chi connectivity index (χ1v) is 13.0. The minimum atomic E-state index is -0.746. The second-order valence-electron chi connectivity index (χ2n) is 11.7. The van der Waals surface area contributed by atoms with Crippen molar-refractivity contribution in [2.24, 2.45) is 23.7 Å². The van der Waals surface area contributed by atoms with Gasteiger partial charge in [-0.15, -0.1) is 0 Å². The fourth-order valence-corrected chi connectivity index (χ4v) is 8.58. The van der Waals surface area contributed by atoms with Crippen molar-refractivity contribution < 1.29 is 5.11 Å². The summed E-state index contributed by atoms with van der Waals surface area (Å²) in [6, 6.07) is 21.8. The van der Waals surface area contributed by atoms with E-state index in [0.717, 1.165) is 28.0 Å². The number of benzene rings is 3. The van der Waals surface area contributed by atoms with E-state index in [2.05, 4.69) is 68.4 Å². The van der Waals surface area contributed by atoms with Gasteiger partial charge < -0.3 is 5.11 Å². The zero-order valence-electron chi connectivity index (χ0n) is 19.4. The molecule has 3 aromatic carbocycles. The molecule has 0 aliphatic heterocycles. The second kappa shape index (κ2) is 6.74. The summed E-state index contributed by atoms with van der Waals surface area (Å²) in [5.74, 6) is 2.37. The summed E-state index contributed by atoms with van der Waals surface area (Å²) in [5, 5.41) is 13.2. The van der Waals surface area contributed by atoms with Crippen LogP contribution in [0.2, 0.25) is 5.02 Å². The Bertz CT molecular complexity index is 1260. The molecule has 0 spiro atoms. The summed E-state index contributed by atoms with van der Waals surface area (Å²) < 4.78 is 0. The van der Waals surface area contributed by atoms with Crippen LogP contribution in [0.25, 0.3) is 22.3 Å². The molecule has 4 saturated carbocycles. The van der Waals surface area contributed by atoms with Crippen LogP contribution in [0.1, 0.15) is 62.6 Å². The fraction of sp³-hybridized carbons (Fsp3) is 0.419. The normalized spacial score (nSPS) is 32.6. The molecule has 3 aromatic rings. The third-order valence-electron chi connectivity index (χ3n) is 9.69. The summed E-state index contributed by atoms with van der Waals surface area (Å²) in [6.07, 6.45) is 6.08. The molecule has 0 amide bonds. The monoisotopic (exact) mass is 454 g/mol. The highest BCUT2D eigenvalue weighted by atomic mass is 35.5. The van der Waals surface area contributed by atoms with Gasteiger partial charge in [0.2, 0.25) is 0 Å². The van der Waals surface area contributed by atoms with E-state index in [1.165, 1.54) is 59.9 Å². The van der Waals surface area contributed by atoms with E-state index in [4.69, 9.17) is 11.6 Å². The first-order chi connectivity index (χ1) is 15.9. The highest BCUT2D eigenvalue weighted by molar-refractivity contribution is 6.31. The van der Waals surface area contributed by atoms with Crippen LogP contribution < -0.4 is 0 Å². The molecular weight excluding hydrogens is 424 g/mol. The molecule has 2 heteroatoms. The Morgan fingerprint density at radius 3 is 2.06 bits per heavy atom. The van der Waals surface area contributed by atoms with E-state index in [-0.39, 0.29) is 5.41 Å². The van der Waals surface area contributed by atoms with Gasteiger partial charge in [-0.05, 0) is 107 Å². The van der Waals surface area contributed by atoms with Gasteiger partial charge in [0, 0.05) is 10.4 Å². The molecule has 0 radical (unpaired) electrons. The van der Waals surface area contributed by atoms with Crippen LogP contribution in [-0.2, 0) is 11.0 Å². The molecule has 0 atom stereocenters. The molecule has 8 rings (SSSR count). The molecule has 0 saturated heterocycles. The zero-order valence-corrected chi connectivity index (χ0v) is 20.2. The Hall–Kier alpha value is -2.09. The van der Waals surface area contributed by atoms with Crippen molar-refractivity contribution in [2.45, 2.75) is 57.0 Å². The van der Waals surface area contributed by atoms with Crippen molar-refractivity contribution in [3.8, 4) is 22.3 Å². The molecule has 1 N–H and O–H groups in total. The fourth-order valence-electron chi connectivity index (χ4n) is 8.41. The maximum absolute atomic E-state index is 12.5. The lowest BCUT2D eigenvalue weighted by Gasteiger charge is -2.59. The Kier molecular flexibility index (Phi) is 4.14. The van der Waals surface area contributed by atoms with E-state index in [1.807, 2.05) is 6.07 Å². The molecule has 33 heavy (non-hydrogen) atoms. The second-order valence-corrected chi connectivity index (χ2v) is 12.2. The van der Waals surface area contributed by atoms with Gasteiger partial charge in [-0.3, -0.25) is 0 Å². The van der Waals surface area contributed by atoms with E-state index >= 15 is 0 Å². The van der Waals surface area contributed by atoms with Crippen LogP contribution >= 0.6 is 11.6 Å². The molecule has 0 heterocycles. The lowest BCUT2D eigenvalue weighted by atomic mass is 9.48. The Morgan fingerprint density at radius 1 is 0.697 bits per heavy atom. The van der Waals surface area contributed by atoms with Crippen LogP contribution in [0.15, 0.2) is 60.7 Å². The van der Waals surface area contributed by atoms with Crippen molar-refractivity contribution in [2.75, 3.05) is 0 Å². The molecule has 0 unspecified atom stereocenters. The predicted octanol–water partition coefficient (Wildman–Crippen LogP) is 7.96. The Morgan fingerprint density at radius 2 is 1.33 bits per heavy atom. The minimum absolute atomic E-state index is 0.0415. The quantitative estimate of drug-likeness (QED) is 0.416. The van der Waals surface area contributed by atoms with Gasteiger partial charge in [-0.2, -0.15) is 0 Å². The predicted molar refractivity (Wildman–Crippen MR) is 135 cm³/mol. The van der Waals surface area contributed by atoms with Gasteiger partial charge in [0.05, 0.1) is 5.60 Å². The standard InChI is InChI=1S/C31H31ClO/c1-30(2)26-8-4-3-6-24(26)29-23(7-5-9-28(29)30)25-17-22(32)10-11-27(25)31(33)20-13-18-12-19(15-20)16-21(31)14-18/h3-11,17-21,33H,12-16H2,1-2H3. The average Bonchev–Trinajstić information content (AvgIpc) is 3.04. The van der Waals surface area contributed by atoms with E-state index in [9.17, 15) is 5.11 Å². The lowest BCUT2D eigenvalue weighted by Crippen LogP contribution is -2.55. The average molecular weight is 455 g/mol. The number of halogens is 1. The molecule has 5 aliphatic carbocycles. The summed E-state index contributed by atoms with van der Waals surface area (Å²) in [6.45, 7) is 4.65. The maximum Gasteiger partial charge on any atom is 0.0958 e. The molecule has 5 aliphatic rings. The smallest absolute Gasteiger partial charge is 0.0958 e. The summed E-state index contributed by atoms with van der Waals surface area (Å²) in [5.41, 5.74) is 8.03. The van der Waals surface area contributed by atoms with Gasteiger partial charge in [0.15, 0.2) is 0 Å². The van der Waals surface area contributed by atoms with Crippen LogP contribution in [0.3, 0.4) is 0 Å². The van der Waals surface area contributed by atoms with Gasteiger partial charge in [0.25, 0.3) is 0 Å². The van der Waals surface area contributed by atoms with Crippen molar-refractivity contribution in [3.63, 3.8) is 0 Å². The minimum Gasteiger partial charge on any atom is -0.385 e. The molecule has 168 valence electrons. The van der Waals surface area contributed by atoms with Crippen molar-refractivity contribution >= 4 is 11.6 Å². The van der Waals surface area contributed by atoms with Crippen LogP contribution in [-0.4, -0.2) is 5.11 Å². The third-order valence-corrected chi connectivity index (χ3v) is 9.93. The topological polar surface area (TPSA) is 20.2 Å². The van der Waals surface area contributed by atoms with Crippen LogP contribution in [0.5, 0.6) is 0 Å². The first kappa shape index (κ1) is 20.3. The molecule has 4 fully saturated rings. The van der Waals surface area contributed by atoms with Crippen LogP contribution in [0, 0.1) is 23.7 Å². The molecular formula is C31H31ClO. The van der Waals surface area contributed by atoms with Gasteiger partial charge in [0.1, 0.15) is 0 Å². The summed E-state index contributed by atoms with van der Waals surface area (Å²) >= 11 is 6.63. The van der Waals surface area contributed by atoms with E-state index < -0.39 is 5.60 Å². The SMILES string of the molecule is CC1(C)c2ccccc2-c2c(-c3cc(Cl)ccc3C3(O)C4CC5CC(C4)CC3C5)cccc21. The number of rotatable bonds is 2. The summed E-state index contributed by atoms with van der Waals surface area (Å²) in [7, 11) is 0. The highest BCUT2D eigenvalue weighted by Crippen LogP contribution is 2.63. The maximum atomic E-state index is 12.5. The third kappa shape index (κ3) is 2.64. The molecule has 1 nitrogen and oxygen atoms in total. The van der Waals surface area contributed by atoms with Crippen molar-refractivity contribution in [1.82, 2.24) is 0 Å². The number of fused-ring (bicyclic) bond motifs is 3. The Labute approximate surface area is 201 Å². The molecule has 0 aromatic heterocycles. The van der Waals surface area contributed by atoms with E-state index in [1.54, 1.807) is 0 Å². The Balaban J connectivity index is 1.48. The lowest BCUT2D eigenvalue weighted by molar-refractivity contribution is -0.179. The van der Waals surface area contributed by atoms with E-state index in [0.29, 0.717) is 11.8 Å². The zero-order chi connectivity index (χ0) is 22.5. The largest absolute Gasteiger partial charge is 0.385 e. The van der Waals surface area contributed by atoms with Gasteiger partial charge in [-0.25, -0.2) is 0 Å². The summed E-state index contributed by atoms with van der Waals surface area (Å²) in [4.78, 5) is 0. The van der Waals surface area contributed by atoms with Crippen molar-refractivity contribution in [1.29, 1.82) is 0 Å². The number of hydrogen-bond acceptors (Lipinski definition) is 1. The number of hydrogen-bond donors (Lipinski definition) is 1.